The van der Waals surface area contributed by atoms with E-state index in [0.717, 1.165) is 24.8 Å². The van der Waals surface area contributed by atoms with Crippen LogP contribution in [0.5, 0.6) is 0 Å². The number of carbonyl (C=O) groups is 1. The van der Waals surface area contributed by atoms with Crippen LogP contribution in [0, 0.1) is 0 Å². The van der Waals surface area contributed by atoms with Gasteiger partial charge in [0.2, 0.25) is 0 Å². The van der Waals surface area contributed by atoms with Gasteiger partial charge in [0.25, 0.3) is 0 Å². The van der Waals surface area contributed by atoms with E-state index in [9.17, 15) is 4.79 Å². The van der Waals surface area contributed by atoms with Crippen molar-refractivity contribution >= 4 is 16.7 Å². The highest BCUT2D eigenvalue weighted by Gasteiger charge is 2.32. The van der Waals surface area contributed by atoms with E-state index in [2.05, 4.69) is 42.1 Å². The minimum atomic E-state index is 0.0948. The number of benzene rings is 1. The Bertz CT molecular complexity index is 705. The summed E-state index contributed by atoms with van der Waals surface area (Å²) in [6, 6.07) is 6.37. The predicted octanol–water partition coefficient (Wildman–Crippen LogP) is 3.11. The maximum Gasteiger partial charge on any atom is 0.166 e. The van der Waals surface area contributed by atoms with E-state index in [-0.39, 0.29) is 5.92 Å². The molecule has 0 saturated carbocycles. The van der Waals surface area contributed by atoms with E-state index in [1.807, 2.05) is 0 Å². The molecule has 2 aromatic rings. The Morgan fingerprint density at radius 2 is 2.22 bits per heavy atom. The van der Waals surface area contributed by atoms with E-state index >= 15 is 0 Å². The van der Waals surface area contributed by atoms with Gasteiger partial charge in [-0.15, -0.1) is 0 Å². The van der Waals surface area contributed by atoms with Gasteiger partial charge in [-0.2, -0.15) is 0 Å². The summed E-state index contributed by atoms with van der Waals surface area (Å²) >= 11 is 0. The zero-order valence-electron chi connectivity index (χ0n) is 10.4. The number of allylic oxidation sites excluding steroid dienone is 2. The van der Waals surface area contributed by atoms with Crippen LogP contribution in [0.1, 0.15) is 29.9 Å². The number of aromatic nitrogens is 1. The zero-order chi connectivity index (χ0) is 12.3. The van der Waals surface area contributed by atoms with Gasteiger partial charge < -0.3 is 4.57 Å². The van der Waals surface area contributed by atoms with Crippen LogP contribution < -0.4 is 0 Å². The quantitative estimate of drug-likeness (QED) is 0.690. The fourth-order valence-corrected chi connectivity index (χ4v) is 3.53. The number of ketones is 1. The van der Waals surface area contributed by atoms with Crippen LogP contribution in [0.3, 0.4) is 0 Å². The Kier molecular flexibility index (Phi) is 1.88. The number of hydrogen-bond acceptors (Lipinski definition) is 1. The third-order valence-corrected chi connectivity index (χ3v) is 4.36. The van der Waals surface area contributed by atoms with Gasteiger partial charge in [0.15, 0.2) is 5.78 Å². The fraction of sp³-hybridized carbons (Fsp3) is 0.312. The molecule has 2 heteroatoms. The molecule has 0 N–H and O–H groups in total. The maximum atomic E-state index is 12.4. The van der Waals surface area contributed by atoms with Gasteiger partial charge in [-0.25, -0.2) is 0 Å². The van der Waals surface area contributed by atoms with Crippen LogP contribution in [-0.2, 0) is 18.3 Å². The molecule has 1 aromatic carbocycles. The first-order chi connectivity index (χ1) is 8.75. The molecule has 2 aliphatic rings. The highest BCUT2D eigenvalue weighted by atomic mass is 16.1. The van der Waals surface area contributed by atoms with Crippen LogP contribution in [-0.4, -0.2) is 10.4 Å². The number of hydrogen-bond donors (Lipinski definition) is 0. The molecule has 0 unspecified atom stereocenters. The highest BCUT2D eigenvalue weighted by molar-refractivity contribution is 6.06. The van der Waals surface area contributed by atoms with Crippen LogP contribution in [0.15, 0.2) is 36.0 Å². The number of fused-ring (bicyclic) bond motifs is 3. The molecule has 0 aliphatic heterocycles. The second kappa shape index (κ2) is 3.35. The van der Waals surface area contributed by atoms with E-state index in [4.69, 9.17) is 0 Å². The summed E-state index contributed by atoms with van der Waals surface area (Å²) in [6.07, 6.45) is 7.14. The molecule has 1 heterocycles. The van der Waals surface area contributed by atoms with Gasteiger partial charge in [-0.1, -0.05) is 18.2 Å². The number of aryl methyl sites for hydroxylation is 1. The lowest BCUT2D eigenvalue weighted by Crippen LogP contribution is -2.18. The average Bonchev–Trinajstić information content (AvgIpc) is 2.68. The molecule has 0 spiro atoms. The second-order valence-electron chi connectivity index (χ2n) is 5.41. The summed E-state index contributed by atoms with van der Waals surface area (Å²) < 4.78 is 2.18. The first-order valence-corrected chi connectivity index (χ1v) is 6.56. The van der Waals surface area contributed by atoms with Crippen LogP contribution >= 0.6 is 0 Å². The summed E-state index contributed by atoms with van der Waals surface area (Å²) in [5, 5.41) is 1.32. The van der Waals surface area contributed by atoms with Gasteiger partial charge in [0, 0.05) is 36.5 Å². The van der Waals surface area contributed by atoms with E-state index in [1.54, 1.807) is 0 Å². The van der Waals surface area contributed by atoms with Crippen molar-refractivity contribution in [2.24, 2.45) is 7.05 Å². The fourth-order valence-electron chi connectivity index (χ4n) is 3.53. The first kappa shape index (κ1) is 10.1. The van der Waals surface area contributed by atoms with Crippen molar-refractivity contribution in [3.05, 3.63) is 47.2 Å². The molecule has 2 aliphatic carbocycles. The summed E-state index contributed by atoms with van der Waals surface area (Å²) in [5.74, 6) is 0.449. The lowest BCUT2D eigenvalue weighted by Gasteiger charge is -2.20. The summed E-state index contributed by atoms with van der Waals surface area (Å²) in [4.78, 5) is 12.4. The third kappa shape index (κ3) is 1.15. The SMILES string of the molecule is Cn1cc2c3c(cccc31)[C@@H]1CCC=C(C2)C1=O. The van der Waals surface area contributed by atoms with Crippen LogP contribution in [0.25, 0.3) is 10.9 Å². The highest BCUT2D eigenvalue weighted by Crippen LogP contribution is 2.40. The molecular weight excluding hydrogens is 222 g/mol. The number of rotatable bonds is 0. The van der Waals surface area contributed by atoms with Gasteiger partial charge in [-0.3, -0.25) is 4.79 Å². The number of Topliss-reactive ketones (excluding diaryl/α,β-unsaturated/α-hetero) is 1. The lowest BCUT2D eigenvalue weighted by molar-refractivity contribution is -0.117. The van der Waals surface area contributed by atoms with Crippen molar-refractivity contribution in [3.63, 3.8) is 0 Å². The summed E-state index contributed by atoms with van der Waals surface area (Å²) in [5.41, 5.74) is 4.83. The standard InChI is InChI=1S/C16H15NO/c1-17-9-11-8-10-4-2-6-13(16(10)18)12-5-3-7-14(17)15(11)12/h3-5,7,9,13H,2,6,8H2,1H3/t13-/m0/s1. The molecule has 4 rings (SSSR count). The predicted molar refractivity (Wildman–Crippen MR) is 71.7 cm³/mol. The maximum absolute atomic E-state index is 12.4. The topological polar surface area (TPSA) is 22.0 Å². The van der Waals surface area contributed by atoms with Gasteiger partial charge in [0.1, 0.15) is 0 Å². The smallest absolute Gasteiger partial charge is 0.166 e. The van der Waals surface area contributed by atoms with Crippen molar-refractivity contribution in [1.29, 1.82) is 0 Å². The van der Waals surface area contributed by atoms with Crippen LogP contribution in [0.4, 0.5) is 0 Å². The van der Waals surface area contributed by atoms with Crippen LogP contribution in [0.2, 0.25) is 0 Å². The Morgan fingerprint density at radius 1 is 1.33 bits per heavy atom. The van der Waals surface area contributed by atoms with Crippen molar-refractivity contribution < 1.29 is 4.79 Å². The molecule has 1 aromatic heterocycles. The number of carbonyl (C=O) groups excluding carboxylic acids is 1. The molecule has 0 saturated heterocycles. The molecule has 2 nitrogen and oxygen atoms in total. The van der Waals surface area contributed by atoms with Crippen molar-refractivity contribution in [3.8, 4) is 0 Å². The molecule has 0 radical (unpaired) electrons. The number of nitrogens with zero attached hydrogens (tertiary/aromatic N) is 1. The van der Waals surface area contributed by atoms with E-state index in [0.29, 0.717) is 5.78 Å². The Balaban J connectivity index is 2.13. The third-order valence-electron chi connectivity index (χ3n) is 4.36. The van der Waals surface area contributed by atoms with Crippen molar-refractivity contribution in [2.75, 3.05) is 0 Å². The van der Waals surface area contributed by atoms with Crippen molar-refractivity contribution in [1.82, 2.24) is 4.57 Å². The summed E-state index contributed by atoms with van der Waals surface area (Å²) in [6.45, 7) is 0. The molecule has 2 bridgehead atoms. The van der Waals surface area contributed by atoms with Gasteiger partial charge in [0.05, 0.1) is 0 Å². The first-order valence-electron chi connectivity index (χ1n) is 6.56. The van der Waals surface area contributed by atoms with Crippen molar-refractivity contribution in [2.45, 2.75) is 25.2 Å². The molecule has 90 valence electrons. The average molecular weight is 237 g/mol. The minimum Gasteiger partial charge on any atom is -0.350 e. The molecule has 0 amide bonds. The Labute approximate surface area is 106 Å². The normalized spacial score (nSPS) is 21.9. The lowest BCUT2D eigenvalue weighted by atomic mass is 9.83. The monoisotopic (exact) mass is 237 g/mol. The van der Waals surface area contributed by atoms with Gasteiger partial charge >= 0.3 is 0 Å². The zero-order valence-corrected chi connectivity index (χ0v) is 10.4. The Hall–Kier alpha value is -1.83. The second-order valence-corrected chi connectivity index (χ2v) is 5.41. The minimum absolute atomic E-state index is 0.0948. The molecule has 0 fully saturated rings. The largest absolute Gasteiger partial charge is 0.350 e. The summed E-state index contributed by atoms with van der Waals surface area (Å²) in [7, 11) is 2.09. The van der Waals surface area contributed by atoms with Gasteiger partial charge in [-0.05, 0) is 35.6 Å². The molecular formula is C16H15NO. The Morgan fingerprint density at radius 3 is 3.11 bits per heavy atom. The molecule has 1 atom stereocenters. The van der Waals surface area contributed by atoms with E-state index in [1.165, 1.54) is 22.0 Å². The van der Waals surface area contributed by atoms with E-state index < -0.39 is 0 Å². The molecule has 18 heavy (non-hydrogen) atoms.